The molecule has 3 aromatic heterocycles. The van der Waals surface area contributed by atoms with Gasteiger partial charge in [0.25, 0.3) is 8.53 Å². The summed E-state index contributed by atoms with van der Waals surface area (Å²) in [5.74, 6) is 2.05. The molecule has 1 fully saturated rings. The van der Waals surface area contributed by atoms with Crippen LogP contribution in [0.2, 0.25) is 0 Å². The molecule has 0 bridgehead atoms. The Morgan fingerprint density at radius 3 is 2.56 bits per heavy atom. The fraction of sp³-hybridized carbons (Fsp3) is 0.394. The quantitative estimate of drug-likeness (QED) is 0.128. The van der Waals surface area contributed by atoms with Crippen molar-refractivity contribution in [2.45, 2.75) is 39.2 Å². The highest BCUT2D eigenvalue weighted by atomic mass is 31.2. The van der Waals surface area contributed by atoms with Crippen LogP contribution < -0.4 is 16.0 Å². The summed E-state index contributed by atoms with van der Waals surface area (Å²) < 4.78 is 15.1. The zero-order chi connectivity index (χ0) is 31.3. The van der Waals surface area contributed by atoms with Crippen LogP contribution in [-0.4, -0.2) is 70.1 Å². The predicted molar refractivity (Wildman–Crippen MR) is 183 cm³/mol. The molecular formula is C33H42N9O2P. The van der Waals surface area contributed by atoms with Crippen molar-refractivity contribution in [3.63, 3.8) is 0 Å². The molecule has 1 aliphatic rings. The van der Waals surface area contributed by atoms with Gasteiger partial charge < -0.3 is 25.0 Å². The summed E-state index contributed by atoms with van der Waals surface area (Å²) in [6, 6.07) is 16.8. The van der Waals surface area contributed by atoms with Gasteiger partial charge in [0.1, 0.15) is 0 Å². The van der Waals surface area contributed by atoms with E-state index < -0.39 is 8.53 Å². The molecule has 0 aliphatic carbocycles. The zero-order valence-electron chi connectivity index (χ0n) is 26.6. The molecule has 0 saturated carbocycles. The molecule has 6 rings (SSSR count). The molecule has 1 saturated heterocycles. The van der Waals surface area contributed by atoms with Crippen LogP contribution in [-0.2, 0) is 15.6 Å². The van der Waals surface area contributed by atoms with Gasteiger partial charge in [-0.25, -0.2) is 4.67 Å². The third-order valence-corrected chi connectivity index (χ3v) is 9.95. The van der Waals surface area contributed by atoms with Crippen LogP contribution in [0, 0.1) is 5.92 Å². The van der Waals surface area contributed by atoms with Crippen LogP contribution in [0.25, 0.3) is 27.7 Å². The van der Waals surface area contributed by atoms with Gasteiger partial charge in [-0.1, -0.05) is 44.2 Å². The van der Waals surface area contributed by atoms with Gasteiger partial charge in [-0.2, -0.15) is 19.6 Å². The highest BCUT2D eigenvalue weighted by molar-refractivity contribution is 7.44. The zero-order valence-corrected chi connectivity index (χ0v) is 27.5. The second kappa shape index (κ2) is 14.0. The van der Waals surface area contributed by atoms with E-state index in [9.17, 15) is 0 Å². The smallest absolute Gasteiger partial charge is 0.258 e. The Morgan fingerprint density at radius 1 is 1.00 bits per heavy atom. The minimum absolute atomic E-state index is 0.278. The maximum absolute atomic E-state index is 5.51. The number of anilines is 3. The molecule has 4 heterocycles. The lowest BCUT2D eigenvalue weighted by atomic mass is 9.98. The third kappa shape index (κ3) is 6.72. The number of aromatic nitrogens is 5. The number of rotatable bonds is 12. The molecule has 12 heteroatoms. The predicted octanol–water partition coefficient (Wildman–Crippen LogP) is 6.76. The van der Waals surface area contributed by atoms with Crippen molar-refractivity contribution >= 4 is 42.5 Å². The van der Waals surface area contributed by atoms with Crippen molar-refractivity contribution in [3.05, 3.63) is 72.1 Å². The normalized spacial score (nSPS) is 14.6. The van der Waals surface area contributed by atoms with E-state index in [4.69, 9.17) is 24.0 Å². The molecular weight excluding hydrogens is 585 g/mol. The summed E-state index contributed by atoms with van der Waals surface area (Å²) in [7, 11) is 4.39. The number of pyridine rings is 1. The van der Waals surface area contributed by atoms with Crippen LogP contribution in [0.15, 0.2) is 60.9 Å². The van der Waals surface area contributed by atoms with E-state index in [0.717, 1.165) is 77.0 Å². The maximum Gasteiger partial charge on any atom is 0.258 e. The number of nitrogens with one attached hydrogen (secondary N) is 3. The average Bonchev–Trinajstić information content (AvgIpc) is 3.52. The summed E-state index contributed by atoms with van der Waals surface area (Å²) >= 11 is 0. The van der Waals surface area contributed by atoms with E-state index in [-0.39, 0.29) is 5.92 Å². The van der Waals surface area contributed by atoms with Crippen molar-refractivity contribution in [1.29, 1.82) is 0 Å². The number of piperidine rings is 1. The molecule has 2 aromatic carbocycles. The Bertz CT molecular complexity index is 1750. The topological polar surface area (TPSA) is 114 Å². The summed E-state index contributed by atoms with van der Waals surface area (Å²) in [6.45, 7) is 7.58. The fourth-order valence-electron chi connectivity index (χ4n) is 5.95. The van der Waals surface area contributed by atoms with Gasteiger partial charge in [0.2, 0.25) is 11.9 Å². The SMILES string of the molecule is CNc1ccc2c(-c3ccccc3CNc3nc(NCC4CCN(P(OC)OC)CC4)nc4c(C(C)C)cnn34)nccc2c1. The van der Waals surface area contributed by atoms with Crippen molar-refractivity contribution in [2.24, 2.45) is 5.92 Å². The van der Waals surface area contributed by atoms with E-state index in [2.05, 4.69) is 88.1 Å². The molecule has 1 aliphatic heterocycles. The molecule has 5 aromatic rings. The van der Waals surface area contributed by atoms with Crippen LogP contribution >= 0.6 is 8.53 Å². The minimum atomic E-state index is -0.964. The molecule has 0 spiro atoms. The minimum Gasteiger partial charge on any atom is -0.388 e. The van der Waals surface area contributed by atoms with Crippen LogP contribution in [0.4, 0.5) is 17.6 Å². The second-order valence-corrected chi connectivity index (χ2v) is 13.4. The highest BCUT2D eigenvalue weighted by Gasteiger charge is 2.26. The summed E-state index contributed by atoms with van der Waals surface area (Å²) in [6.07, 6.45) is 5.90. The summed E-state index contributed by atoms with van der Waals surface area (Å²) in [5, 5.41) is 17.3. The van der Waals surface area contributed by atoms with E-state index in [0.29, 0.717) is 24.4 Å². The Hall–Kier alpha value is -3.89. The highest BCUT2D eigenvalue weighted by Crippen LogP contribution is 2.43. The molecule has 0 radical (unpaired) electrons. The first-order chi connectivity index (χ1) is 22.0. The number of fused-ring (bicyclic) bond motifs is 2. The number of hydrogen-bond acceptors (Lipinski definition) is 10. The van der Waals surface area contributed by atoms with Gasteiger partial charge in [0.15, 0.2) is 5.65 Å². The summed E-state index contributed by atoms with van der Waals surface area (Å²) in [5.41, 5.74) is 6.13. The first kappa shape index (κ1) is 31.1. The van der Waals surface area contributed by atoms with E-state index in [1.807, 2.05) is 24.0 Å². The monoisotopic (exact) mass is 627 g/mol. The van der Waals surface area contributed by atoms with E-state index >= 15 is 0 Å². The van der Waals surface area contributed by atoms with Crippen molar-refractivity contribution in [3.8, 4) is 11.3 Å². The largest absolute Gasteiger partial charge is 0.388 e. The Kier molecular flexibility index (Phi) is 9.70. The number of hydrogen-bond donors (Lipinski definition) is 3. The van der Waals surface area contributed by atoms with Crippen molar-refractivity contribution in [2.75, 3.05) is 56.9 Å². The number of benzene rings is 2. The van der Waals surface area contributed by atoms with Gasteiger partial charge in [-0.3, -0.25) is 4.98 Å². The molecule has 11 nitrogen and oxygen atoms in total. The average molecular weight is 628 g/mol. The van der Waals surface area contributed by atoms with E-state index in [1.54, 1.807) is 14.2 Å². The first-order valence-corrected chi connectivity index (χ1v) is 16.6. The molecule has 0 unspecified atom stereocenters. The van der Waals surface area contributed by atoms with Crippen LogP contribution in [0.5, 0.6) is 0 Å². The van der Waals surface area contributed by atoms with Gasteiger partial charge in [0.05, 0.1) is 11.9 Å². The molecule has 3 N–H and O–H groups in total. The maximum atomic E-state index is 5.51. The molecule has 0 atom stereocenters. The standard InChI is InChI=1S/C33H42N9O2P/c1-22(2)29-21-38-42-31(29)39-32(36-19-23-13-16-41(17-14-23)45(43-4)44-5)40-33(42)37-20-25-8-6-7-9-27(25)30-28-11-10-26(34-3)18-24(28)12-15-35-30/h6-12,15,18,21-23,34H,13-14,16-17,19-20H2,1-5H3,(H2,36,37,39,40). The summed E-state index contributed by atoms with van der Waals surface area (Å²) in [4.78, 5) is 14.6. The Balaban J connectivity index is 1.24. The van der Waals surface area contributed by atoms with Gasteiger partial charge in [-0.05, 0) is 53.8 Å². The lowest BCUT2D eigenvalue weighted by molar-refractivity contribution is 0.221. The lowest BCUT2D eigenvalue weighted by Gasteiger charge is -2.34. The van der Waals surface area contributed by atoms with Gasteiger partial charge in [0, 0.05) is 75.8 Å². The van der Waals surface area contributed by atoms with Crippen molar-refractivity contribution < 1.29 is 9.05 Å². The molecule has 236 valence electrons. The van der Waals surface area contributed by atoms with Gasteiger partial charge in [-0.15, -0.1) is 0 Å². The molecule has 0 amide bonds. The lowest BCUT2D eigenvalue weighted by Crippen LogP contribution is -2.33. The fourth-order valence-corrected chi connectivity index (χ4v) is 7.12. The number of nitrogens with zero attached hydrogens (tertiary/aromatic N) is 6. The van der Waals surface area contributed by atoms with Crippen molar-refractivity contribution in [1.82, 2.24) is 29.2 Å². The third-order valence-electron chi connectivity index (χ3n) is 8.46. The van der Waals surface area contributed by atoms with E-state index in [1.165, 1.54) is 0 Å². The first-order valence-electron chi connectivity index (χ1n) is 15.5. The van der Waals surface area contributed by atoms with Crippen LogP contribution in [0.1, 0.15) is 43.7 Å². The Labute approximate surface area is 265 Å². The molecule has 45 heavy (non-hydrogen) atoms. The van der Waals surface area contributed by atoms with Crippen LogP contribution in [0.3, 0.4) is 0 Å². The van der Waals surface area contributed by atoms with Gasteiger partial charge >= 0.3 is 0 Å². The second-order valence-electron chi connectivity index (χ2n) is 11.6. The Morgan fingerprint density at radius 2 is 1.80 bits per heavy atom.